The van der Waals surface area contributed by atoms with Gasteiger partial charge >= 0.3 is 6.18 Å². The maximum atomic E-state index is 12.1. The van der Waals surface area contributed by atoms with Gasteiger partial charge in [0.1, 0.15) is 6.61 Å². The summed E-state index contributed by atoms with van der Waals surface area (Å²) in [6, 6.07) is 14.6. The molecule has 6 nitrogen and oxygen atoms in total. The number of guanidine groups is 1. The average molecular weight is 564 g/mol. The van der Waals surface area contributed by atoms with Crippen LogP contribution >= 0.6 is 24.0 Å². The number of rotatable bonds is 9. The van der Waals surface area contributed by atoms with Gasteiger partial charge in [-0.05, 0) is 35.7 Å². The molecule has 0 heterocycles. The minimum absolute atomic E-state index is 0. The fourth-order valence-corrected chi connectivity index (χ4v) is 2.69. The van der Waals surface area contributed by atoms with Crippen LogP contribution in [0.3, 0.4) is 0 Å². The van der Waals surface area contributed by atoms with Gasteiger partial charge in [-0.15, -0.1) is 24.0 Å². The lowest BCUT2D eigenvalue weighted by atomic mass is 10.1. The van der Waals surface area contributed by atoms with Crippen molar-refractivity contribution in [3.05, 3.63) is 65.2 Å². The summed E-state index contributed by atoms with van der Waals surface area (Å²) in [4.78, 5) is 15.8. The number of nitrogens with zero attached hydrogens (tertiary/aromatic N) is 1. The number of anilines is 1. The van der Waals surface area contributed by atoms with E-state index in [-0.39, 0.29) is 36.5 Å². The lowest BCUT2D eigenvalue weighted by Gasteiger charge is -2.12. The zero-order chi connectivity index (χ0) is 22.7. The quantitative estimate of drug-likeness (QED) is 0.237. The van der Waals surface area contributed by atoms with E-state index in [4.69, 9.17) is 0 Å². The number of nitrogens with one attached hydrogen (secondary N) is 3. The van der Waals surface area contributed by atoms with Gasteiger partial charge in [-0.2, -0.15) is 13.2 Å². The van der Waals surface area contributed by atoms with Crippen LogP contribution < -0.4 is 16.0 Å². The first-order valence-electron chi connectivity index (χ1n) is 9.86. The highest BCUT2D eigenvalue weighted by atomic mass is 127. The number of carbonyl (C=O) groups excluding carboxylic acids is 1. The Morgan fingerprint density at radius 2 is 1.72 bits per heavy atom. The predicted molar refractivity (Wildman–Crippen MR) is 130 cm³/mol. The van der Waals surface area contributed by atoms with Crippen molar-refractivity contribution in [2.75, 3.05) is 18.5 Å². The number of ether oxygens (including phenoxy) is 1. The molecule has 0 fully saturated rings. The molecule has 0 radical (unpaired) electrons. The Morgan fingerprint density at radius 3 is 2.34 bits per heavy atom. The molecule has 0 unspecified atom stereocenters. The van der Waals surface area contributed by atoms with Gasteiger partial charge in [0.15, 0.2) is 5.96 Å². The molecule has 2 aromatic carbocycles. The van der Waals surface area contributed by atoms with Gasteiger partial charge in [-0.3, -0.25) is 4.79 Å². The average Bonchev–Trinajstić information content (AvgIpc) is 2.70. The zero-order valence-corrected chi connectivity index (χ0v) is 20.3. The van der Waals surface area contributed by atoms with Crippen molar-refractivity contribution in [3.8, 4) is 0 Å². The SMILES string of the molecule is CCNC(=NCc1cccc(NC(C)=O)c1)NCc1ccc(COCC(F)(F)F)cc1.I. The van der Waals surface area contributed by atoms with Crippen molar-refractivity contribution >= 4 is 41.5 Å². The van der Waals surface area contributed by atoms with Gasteiger partial charge in [0, 0.05) is 25.7 Å². The third kappa shape index (κ3) is 11.3. The number of amides is 1. The number of carbonyl (C=O) groups is 1. The molecular weight excluding hydrogens is 536 g/mol. The normalized spacial score (nSPS) is 11.5. The summed E-state index contributed by atoms with van der Waals surface area (Å²) in [6.45, 7) is 3.69. The molecule has 0 atom stereocenters. The molecule has 0 bridgehead atoms. The van der Waals surface area contributed by atoms with Crippen LogP contribution in [0.25, 0.3) is 0 Å². The van der Waals surface area contributed by atoms with Crippen LogP contribution in [0.15, 0.2) is 53.5 Å². The summed E-state index contributed by atoms with van der Waals surface area (Å²) in [5.41, 5.74) is 3.30. The number of alkyl halides is 3. The Balaban J connectivity index is 0.00000512. The summed E-state index contributed by atoms with van der Waals surface area (Å²) in [5.74, 6) is 0.499. The van der Waals surface area contributed by atoms with Gasteiger partial charge in [-0.25, -0.2) is 4.99 Å². The molecule has 0 aliphatic heterocycles. The molecule has 0 aliphatic rings. The Kier molecular flexibility index (Phi) is 12.1. The Hall–Kier alpha value is -2.34. The topological polar surface area (TPSA) is 74.8 Å². The maximum absolute atomic E-state index is 12.1. The lowest BCUT2D eigenvalue weighted by Crippen LogP contribution is -2.36. The van der Waals surface area contributed by atoms with E-state index in [0.29, 0.717) is 31.2 Å². The number of halogens is 4. The van der Waals surface area contributed by atoms with Gasteiger partial charge in [-0.1, -0.05) is 36.4 Å². The second kappa shape index (κ2) is 13.9. The molecule has 0 aliphatic carbocycles. The molecule has 3 N–H and O–H groups in total. The molecule has 0 spiro atoms. The molecule has 1 amide bonds. The first kappa shape index (κ1) is 27.7. The molecule has 32 heavy (non-hydrogen) atoms. The van der Waals surface area contributed by atoms with Crippen LogP contribution in [0.5, 0.6) is 0 Å². The van der Waals surface area contributed by atoms with Crippen molar-refractivity contribution in [2.24, 2.45) is 4.99 Å². The number of hydrogen-bond donors (Lipinski definition) is 3. The monoisotopic (exact) mass is 564 g/mol. The molecule has 0 aromatic heterocycles. The molecule has 2 rings (SSSR count). The Bertz CT molecular complexity index is 874. The number of hydrogen-bond acceptors (Lipinski definition) is 3. The van der Waals surface area contributed by atoms with Gasteiger partial charge in [0.25, 0.3) is 0 Å². The summed E-state index contributed by atoms with van der Waals surface area (Å²) >= 11 is 0. The highest BCUT2D eigenvalue weighted by molar-refractivity contribution is 14.0. The third-order valence-electron chi connectivity index (χ3n) is 4.03. The second-order valence-electron chi connectivity index (χ2n) is 6.85. The maximum Gasteiger partial charge on any atom is 0.411 e. The largest absolute Gasteiger partial charge is 0.411 e. The minimum atomic E-state index is -4.32. The summed E-state index contributed by atoms with van der Waals surface area (Å²) < 4.78 is 41.1. The van der Waals surface area contributed by atoms with Crippen molar-refractivity contribution < 1.29 is 22.7 Å². The van der Waals surface area contributed by atoms with Crippen molar-refractivity contribution in [3.63, 3.8) is 0 Å². The minimum Gasteiger partial charge on any atom is -0.367 e. The van der Waals surface area contributed by atoms with E-state index in [1.807, 2.05) is 43.3 Å². The highest BCUT2D eigenvalue weighted by Crippen LogP contribution is 2.16. The molecule has 0 saturated carbocycles. The summed E-state index contributed by atoms with van der Waals surface area (Å²) in [6.07, 6.45) is -4.32. The van der Waals surface area contributed by atoms with Crippen LogP contribution in [0.2, 0.25) is 0 Å². The van der Waals surface area contributed by atoms with Gasteiger partial charge < -0.3 is 20.7 Å². The zero-order valence-electron chi connectivity index (χ0n) is 18.0. The van der Waals surface area contributed by atoms with Crippen LogP contribution in [0.4, 0.5) is 18.9 Å². The summed E-state index contributed by atoms with van der Waals surface area (Å²) in [5, 5.41) is 9.14. The van der Waals surface area contributed by atoms with E-state index >= 15 is 0 Å². The van der Waals surface area contributed by atoms with Crippen LogP contribution in [-0.2, 0) is 29.2 Å². The van der Waals surface area contributed by atoms with E-state index in [9.17, 15) is 18.0 Å². The van der Waals surface area contributed by atoms with E-state index in [2.05, 4.69) is 25.7 Å². The Labute approximate surface area is 203 Å². The Morgan fingerprint density at radius 1 is 1.03 bits per heavy atom. The molecule has 10 heteroatoms. The first-order valence-corrected chi connectivity index (χ1v) is 9.86. The van der Waals surface area contributed by atoms with Gasteiger partial charge in [0.2, 0.25) is 5.91 Å². The van der Waals surface area contributed by atoms with E-state index in [1.165, 1.54) is 6.92 Å². The smallest absolute Gasteiger partial charge is 0.367 e. The van der Waals surface area contributed by atoms with E-state index in [1.54, 1.807) is 12.1 Å². The fourth-order valence-electron chi connectivity index (χ4n) is 2.69. The van der Waals surface area contributed by atoms with E-state index < -0.39 is 12.8 Å². The van der Waals surface area contributed by atoms with Crippen LogP contribution in [0, 0.1) is 0 Å². The standard InChI is InChI=1S/C22H27F3N4O2.HI/c1-3-26-21(28-13-19-5-4-6-20(11-19)29-16(2)30)27-12-17-7-9-18(10-8-17)14-31-15-22(23,24)25;/h4-11H,3,12-15H2,1-2H3,(H,29,30)(H2,26,27,28);1H. The second-order valence-corrected chi connectivity index (χ2v) is 6.85. The predicted octanol–water partition coefficient (Wildman–Crippen LogP) is 4.60. The van der Waals surface area contributed by atoms with Crippen molar-refractivity contribution in [2.45, 2.75) is 39.7 Å². The molecule has 176 valence electrons. The van der Waals surface area contributed by atoms with Crippen molar-refractivity contribution in [1.82, 2.24) is 10.6 Å². The highest BCUT2D eigenvalue weighted by Gasteiger charge is 2.27. The lowest BCUT2D eigenvalue weighted by molar-refractivity contribution is -0.176. The number of benzene rings is 2. The molecule has 0 saturated heterocycles. The fraction of sp³-hybridized carbons (Fsp3) is 0.364. The summed E-state index contributed by atoms with van der Waals surface area (Å²) in [7, 11) is 0. The van der Waals surface area contributed by atoms with Crippen LogP contribution in [-0.4, -0.2) is 31.2 Å². The van der Waals surface area contributed by atoms with E-state index in [0.717, 1.165) is 16.8 Å². The third-order valence-corrected chi connectivity index (χ3v) is 4.03. The van der Waals surface area contributed by atoms with Crippen LogP contribution in [0.1, 0.15) is 30.5 Å². The molecule has 2 aromatic rings. The molecular formula is C22H28F3IN4O2. The number of aliphatic imine (C=N–C) groups is 1. The first-order chi connectivity index (χ1) is 14.7. The van der Waals surface area contributed by atoms with Gasteiger partial charge in [0.05, 0.1) is 13.2 Å². The van der Waals surface area contributed by atoms with Crippen molar-refractivity contribution in [1.29, 1.82) is 0 Å².